The van der Waals surface area contributed by atoms with Crippen LogP contribution in [0, 0.1) is 0 Å². The SMILES string of the molecule is CS(=O)(=O)OC[C@@H](CO)OS(C)(=O)=O. The molecule has 7 nitrogen and oxygen atoms in total. The smallest absolute Gasteiger partial charge is 0.264 e. The molecule has 0 aromatic rings. The van der Waals surface area contributed by atoms with E-state index in [0.717, 1.165) is 12.5 Å². The van der Waals surface area contributed by atoms with Crippen LogP contribution in [0.5, 0.6) is 0 Å². The number of aliphatic hydroxyl groups excluding tert-OH is 1. The van der Waals surface area contributed by atoms with Crippen LogP contribution in [0.15, 0.2) is 0 Å². The van der Waals surface area contributed by atoms with Crippen molar-refractivity contribution in [2.24, 2.45) is 0 Å². The predicted molar refractivity (Wildman–Crippen MR) is 47.6 cm³/mol. The Hall–Kier alpha value is -0.220. The van der Waals surface area contributed by atoms with E-state index in [0.29, 0.717) is 0 Å². The molecule has 0 spiro atoms. The predicted octanol–water partition coefficient (Wildman–Crippen LogP) is -1.70. The normalized spacial score (nSPS) is 15.4. The molecule has 0 aliphatic carbocycles. The van der Waals surface area contributed by atoms with Crippen LogP contribution in [-0.4, -0.2) is 53.8 Å². The van der Waals surface area contributed by atoms with E-state index in [9.17, 15) is 16.8 Å². The fourth-order valence-corrected chi connectivity index (χ4v) is 1.57. The van der Waals surface area contributed by atoms with Gasteiger partial charge in [0.25, 0.3) is 20.2 Å². The fourth-order valence-electron chi connectivity index (χ4n) is 0.558. The molecule has 0 unspecified atom stereocenters. The van der Waals surface area contributed by atoms with E-state index in [1.165, 1.54) is 0 Å². The van der Waals surface area contributed by atoms with Gasteiger partial charge in [-0.2, -0.15) is 16.8 Å². The van der Waals surface area contributed by atoms with Gasteiger partial charge in [-0.15, -0.1) is 0 Å². The highest BCUT2D eigenvalue weighted by Crippen LogP contribution is 2.00. The monoisotopic (exact) mass is 248 g/mol. The maximum Gasteiger partial charge on any atom is 0.264 e. The highest BCUT2D eigenvalue weighted by Gasteiger charge is 2.17. The van der Waals surface area contributed by atoms with Gasteiger partial charge in [-0.05, 0) is 0 Å². The van der Waals surface area contributed by atoms with Crippen LogP contribution in [-0.2, 0) is 28.6 Å². The first-order valence-electron chi connectivity index (χ1n) is 3.47. The van der Waals surface area contributed by atoms with Gasteiger partial charge in [0, 0.05) is 0 Å². The molecule has 0 radical (unpaired) electrons. The minimum atomic E-state index is -3.74. The summed E-state index contributed by atoms with van der Waals surface area (Å²) in [6.07, 6.45) is 0.387. The van der Waals surface area contributed by atoms with E-state index < -0.39 is 39.6 Å². The molecule has 86 valence electrons. The fraction of sp³-hybridized carbons (Fsp3) is 1.00. The Morgan fingerprint density at radius 3 is 1.93 bits per heavy atom. The number of hydrogen-bond donors (Lipinski definition) is 1. The molecule has 1 N–H and O–H groups in total. The summed E-state index contributed by atoms with van der Waals surface area (Å²) in [5, 5.41) is 8.62. The van der Waals surface area contributed by atoms with Crippen LogP contribution < -0.4 is 0 Å². The van der Waals surface area contributed by atoms with Crippen LogP contribution in [0.4, 0.5) is 0 Å². The van der Waals surface area contributed by atoms with Crippen molar-refractivity contribution >= 4 is 20.2 Å². The third-order valence-corrected chi connectivity index (χ3v) is 2.17. The molecule has 0 fully saturated rings. The standard InChI is InChI=1S/C5H12O7S2/c1-13(7,8)11-4-5(3-6)12-14(2,9)10/h5-6H,3-4H2,1-2H3/t5-/m1/s1. The molecule has 0 heterocycles. The van der Waals surface area contributed by atoms with Crippen molar-refractivity contribution in [3.8, 4) is 0 Å². The summed E-state index contributed by atoms with van der Waals surface area (Å²) in [6, 6.07) is 0. The van der Waals surface area contributed by atoms with Crippen LogP contribution >= 0.6 is 0 Å². The molecule has 0 amide bonds. The zero-order valence-corrected chi connectivity index (χ0v) is 9.34. The Kier molecular flexibility index (Phi) is 4.95. The number of hydrogen-bond acceptors (Lipinski definition) is 7. The Bertz CT molecular complexity index is 354. The van der Waals surface area contributed by atoms with Crippen molar-refractivity contribution < 1.29 is 30.3 Å². The summed E-state index contributed by atoms with van der Waals surface area (Å²) >= 11 is 0. The van der Waals surface area contributed by atoms with Gasteiger partial charge in [0.1, 0.15) is 6.10 Å². The van der Waals surface area contributed by atoms with Crippen LogP contribution in [0.3, 0.4) is 0 Å². The zero-order chi connectivity index (χ0) is 11.4. The lowest BCUT2D eigenvalue weighted by atomic mass is 10.4. The Labute approximate surface area is 82.9 Å². The summed E-state index contributed by atoms with van der Waals surface area (Å²) in [5.74, 6) is 0. The van der Waals surface area contributed by atoms with Crippen LogP contribution in [0.25, 0.3) is 0 Å². The summed E-state index contributed by atoms with van der Waals surface area (Å²) in [7, 11) is -7.41. The zero-order valence-electron chi connectivity index (χ0n) is 7.70. The third-order valence-electron chi connectivity index (χ3n) is 0.983. The highest BCUT2D eigenvalue weighted by atomic mass is 32.2. The van der Waals surface area contributed by atoms with Crippen molar-refractivity contribution in [3.63, 3.8) is 0 Å². The number of aliphatic hydroxyl groups is 1. The molecular weight excluding hydrogens is 236 g/mol. The molecule has 0 aliphatic rings. The summed E-state index contributed by atoms with van der Waals surface area (Å²) in [5.41, 5.74) is 0. The van der Waals surface area contributed by atoms with Crippen LogP contribution in [0.1, 0.15) is 0 Å². The molecule has 14 heavy (non-hydrogen) atoms. The molecule has 0 aromatic heterocycles. The molecule has 0 aliphatic heterocycles. The van der Waals surface area contributed by atoms with E-state index in [2.05, 4.69) is 8.37 Å². The van der Waals surface area contributed by atoms with Gasteiger partial charge >= 0.3 is 0 Å². The average molecular weight is 248 g/mol. The van der Waals surface area contributed by atoms with Crippen molar-refractivity contribution in [2.75, 3.05) is 25.7 Å². The first-order valence-corrected chi connectivity index (χ1v) is 7.11. The second-order valence-electron chi connectivity index (χ2n) is 2.59. The van der Waals surface area contributed by atoms with Crippen molar-refractivity contribution in [1.29, 1.82) is 0 Å². The minimum Gasteiger partial charge on any atom is -0.394 e. The molecule has 1 atom stereocenters. The lowest BCUT2D eigenvalue weighted by Gasteiger charge is -2.12. The maximum absolute atomic E-state index is 10.6. The topological polar surface area (TPSA) is 107 Å². The largest absolute Gasteiger partial charge is 0.394 e. The first-order chi connectivity index (χ1) is 6.14. The van der Waals surface area contributed by atoms with E-state index in [1.807, 2.05) is 0 Å². The van der Waals surface area contributed by atoms with E-state index >= 15 is 0 Å². The van der Waals surface area contributed by atoms with Crippen molar-refractivity contribution in [3.05, 3.63) is 0 Å². The molecule has 0 aromatic carbocycles. The minimum absolute atomic E-state index is 0.539. The van der Waals surface area contributed by atoms with Crippen LogP contribution in [0.2, 0.25) is 0 Å². The van der Waals surface area contributed by atoms with Gasteiger partial charge in [0.05, 0.1) is 25.7 Å². The Morgan fingerprint density at radius 2 is 1.64 bits per heavy atom. The van der Waals surface area contributed by atoms with Gasteiger partial charge < -0.3 is 5.11 Å². The summed E-state index contributed by atoms with van der Waals surface area (Å²) < 4.78 is 50.8. The maximum atomic E-state index is 10.6. The van der Waals surface area contributed by atoms with Gasteiger partial charge in [-0.25, -0.2) is 0 Å². The second-order valence-corrected chi connectivity index (χ2v) is 5.84. The Morgan fingerprint density at radius 1 is 1.14 bits per heavy atom. The summed E-state index contributed by atoms with van der Waals surface area (Å²) in [6.45, 7) is -1.19. The lowest BCUT2D eigenvalue weighted by molar-refractivity contribution is 0.0799. The first kappa shape index (κ1) is 13.8. The lowest BCUT2D eigenvalue weighted by Crippen LogP contribution is -2.27. The van der Waals surface area contributed by atoms with Crippen molar-refractivity contribution in [2.45, 2.75) is 6.10 Å². The van der Waals surface area contributed by atoms with E-state index in [1.54, 1.807) is 0 Å². The Balaban J connectivity index is 4.19. The molecular formula is C5H12O7S2. The molecule has 0 rings (SSSR count). The summed E-state index contributed by atoms with van der Waals surface area (Å²) in [4.78, 5) is 0. The van der Waals surface area contributed by atoms with Gasteiger partial charge in [0.15, 0.2) is 0 Å². The quantitative estimate of drug-likeness (QED) is 0.558. The third kappa shape index (κ3) is 8.38. The molecule has 0 bridgehead atoms. The molecule has 0 saturated carbocycles. The van der Waals surface area contributed by atoms with Gasteiger partial charge in [0.2, 0.25) is 0 Å². The average Bonchev–Trinajstić information content (AvgIpc) is 1.94. The second kappa shape index (κ2) is 5.03. The number of rotatable bonds is 6. The van der Waals surface area contributed by atoms with E-state index in [-0.39, 0.29) is 0 Å². The van der Waals surface area contributed by atoms with Gasteiger partial charge in [-0.3, -0.25) is 8.37 Å². The molecule has 0 saturated heterocycles. The highest BCUT2D eigenvalue weighted by molar-refractivity contribution is 7.86. The molecule has 9 heteroatoms. The van der Waals surface area contributed by atoms with Crippen molar-refractivity contribution in [1.82, 2.24) is 0 Å². The van der Waals surface area contributed by atoms with Gasteiger partial charge in [-0.1, -0.05) is 0 Å². The van der Waals surface area contributed by atoms with E-state index in [4.69, 9.17) is 5.11 Å².